The Balaban J connectivity index is 0.000000218. The smallest absolute Gasteiger partial charge is 0.376 e. The molecule has 141 heavy (non-hydrogen) atoms. The molecule has 9 aromatic rings. The molecule has 3 aliphatic heterocycles. The first-order chi connectivity index (χ1) is 65.3. The van der Waals surface area contributed by atoms with Crippen molar-refractivity contribution >= 4 is 80.9 Å². The van der Waals surface area contributed by atoms with E-state index in [2.05, 4.69) is 26.3 Å². The third kappa shape index (κ3) is 26.5. The zero-order chi connectivity index (χ0) is 105. The third-order valence-corrected chi connectivity index (χ3v) is 31.9. The topological polar surface area (TPSA) is 334 Å². The van der Waals surface area contributed by atoms with Crippen LogP contribution in [0.5, 0.6) is 17.2 Å². The summed E-state index contributed by atoms with van der Waals surface area (Å²) in [4.78, 5) is 44.8. The van der Waals surface area contributed by atoms with E-state index in [1.807, 2.05) is 104 Å². The highest BCUT2D eigenvalue weighted by Gasteiger charge is 2.73. The summed E-state index contributed by atoms with van der Waals surface area (Å²) in [7, 11) is -20.3. The standard InChI is InChI=1S/C32H30F8O8S2.C32H36F2O8S2.C31H30F6O8S2/c1-19-14-25(15-20(2)27(19)48-26(41)16-45-21(3)31(37,38)50(42,43)44)49(23-8-6-5-7-9-23)24-12-10-22(11-13-24)28(4)46-17-29(33,34)32(39,40)30(35,36)18-47-28;1-22-19-28(20-23(2)30(22)42-29(35)21-39-24(3)32(33,34)44(36,37)38)43(26-11-7-5-8-12-26)27-15-13-25(14-16-27)31(4)40-17-9-6-10-18-41-31;1-19-14-25(15-20(2)27(19)45-26(38)16-42-21(3)31(36,37)47(39,40)41)46(23-8-6-5-7-9-23)24-12-10-22(11-13-24)28(4)43-17-29(32,33)30(34,35)18-44-28/h5-15,21H,16-18H2,1-4H3;5,7-8,11-16,19-20,24H,6,9-10,17-18,21H2,1-4H3;5-15,21H,16-18H2,1-4H3. The Kier molecular flexibility index (Phi) is 36.0. The van der Waals surface area contributed by atoms with Crippen LogP contribution in [0.4, 0.5) is 70.2 Å². The summed E-state index contributed by atoms with van der Waals surface area (Å²) in [5.74, 6) is -32.8. The first kappa shape index (κ1) is 114. The molecule has 6 unspecified atom stereocenters. The van der Waals surface area contributed by atoms with E-state index in [9.17, 15) is 124 Å². The van der Waals surface area contributed by atoms with Crippen molar-refractivity contribution in [3.8, 4) is 17.2 Å². The molecule has 3 heterocycles. The fourth-order valence-electron chi connectivity index (χ4n) is 14.2. The normalized spacial score (nSPS) is 18.7. The average Bonchev–Trinajstić information content (AvgIpc) is 1.18. The summed E-state index contributed by atoms with van der Waals surface area (Å²) in [6, 6.07) is 59.3. The van der Waals surface area contributed by atoms with Crippen molar-refractivity contribution in [1.29, 1.82) is 0 Å². The van der Waals surface area contributed by atoms with E-state index >= 15 is 0 Å². The van der Waals surface area contributed by atoms with Crippen LogP contribution in [-0.2, 0) is 137 Å². The van der Waals surface area contributed by atoms with Gasteiger partial charge in [0.2, 0.25) is 0 Å². The number of halogens is 16. The highest BCUT2D eigenvalue weighted by Crippen LogP contribution is 2.51. The lowest BCUT2D eigenvalue weighted by molar-refractivity contribution is -0.387. The maximum Gasteiger partial charge on any atom is 0.376 e. The van der Waals surface area contributed by atoms with E-state index in [-0.39, 0.29) is 28.4 Å². The highest BCUT2D eigenvalue weighted by atomic mass is 32.2. The van der Waals surface area contributed by atoms with Crippen molar-refractivity contribution in [2.75, 3.05) is 59.5 Å². The molecule has 768 valence electrons. The number of esters is 3. The van der Waals surface area contributed by atoms with E-state index in [0.717, 1.165) is 66.0 Å². The lowest BCUT2D eigenvalue weighted by Gasteiger charge is -2.40. The van der Waals surface area contributed by atoms with Crippen LogP contribution in [-0.4, -0.2) is 180 Å². The van der Waals surface area contributed by atoms with E-state index in [4.69, 9.17) is 42.6 Å². The fraction of sp³-hybridized carbons (Fsp3) is 0.400. The number of carbonyl (C=O) groups is 3. The van der Waals surface area contributed by atoms with Crippen molar-refractivity contribution in [3.63, 3.8) is 0 Å². The number of ether oxygens (including phenoxy) is 12. The van der Waals surface area contributed by atoms with E-state index in [0.29, 0.717) is 77.2 Å². The first-order valence-corrected chi connectivity index (χ1v) is 50.5. The Bertz CT molecular complexity index is 6130. The van der Waals surface area contributed by atoms with Crippen LogP contribution in [0.3, 0.4) is 0 Å². The van der Waals surface area contributed by atoms with Crippen molar-refractivity contribution in [2.45, 2.75) is 227 Å². The first-order valence-electron chi connectivity index (χ1n) is 42.6. The van der Waals surface area contributed by atoms with Gasteiger partial charge in [0, 0.05) is 53.1 Å². The number of carbonyl (C=O) groups excluding carboxylic acids is 3. The van der Waals surface area contributed by atoms with Crippen molar-refractivity contribution in [3.05, 3.63) is 250 Å². The summed E-state index contributed by atoms with van der Waals surface area (Å²) in [5, 5.41) is -14.2. The minimum atomic E-state index is -6.06. The van der Waals surface area contributed by atoms with Gasteiger partial charge < -0.3 is 70.5 Å². The monoisotopic (exact) mass is 2120 g/mol. The Labute approximate surface area is 810 Å². The number of hydrogen-bond donors (Lipinski definition) is 0. The maximum absolute atomic E-state index is 14.1. The predicted octanol–water partition coefficient (Wildman–Crippen LogP) is 19.5. The SMILES string of the molecule is Cc1cc([S+](c2ccccc2)c2ccc(C3(C)OCC(F)(F)C(F)(F)C(F)(F)CO3)cc2)cc(C)c1OC(=O)COC(C)C(F)(F)S(=O)(=O)[O-].Cc1cc([S+](c2ccccc2)c2ccc(C3(C)OCC(F)(F)C(F)(F)CO3)cc2)cc(C)c1OC(=O)COC(C)C(F)(F)S(=O)(=O)[O-].Cc1cc([S+](c2ccccc2)c2ccc(C3(C)OCCCCCO3)cc2)cc(C)c1OC(=O)COC(C)C(F)(F)S(=O)(=O)[O-]. The van der Waals surface area contributed by atoms with Crippen LogP contribution in [0.15, 0.2) is 244 Å². The minimum absolute atomic E-state index is 0.00792. The van der Waals surface area contributed by atoms with Gasteiger partial charge in [-0.05, 0) is 245 Å². The van der Waals surface area contributed by atoms with Gasteiger partial charge in [-0.1, -0.05) is 54.6 Å². The second-order valence-electron chi connectivity index (χ2n) is 33.1. The van der Waals surface area contributed by atoms with Crippen LogP contribution in [0.1, 0.15) is 111 Å². The van der Waals surface area contributed by atoms with Crippen molar-refractivity contribution in [1.82, 2.24) is 0 Å². The number of aryl methyl sites for hydroxylation is 6. The van der Waals surface area contributed by atoms with Gasteiger partial charge in [0.25, 0.3) is 0 Å². The second kappa shape index (κ2) is 44.7. The Morgan fingerprint density at radius 2 is 0.532 bits per heavy atom. The lowest BCUT2D eigenvalue weighted by atomic mass is 10.0. The summed E-state index contributed by atoms with van der Waals surface area (Å²) in [5.41, 5.74) is 4.21. The quantitative estimate of drug-likeness (QED) is 0.0133. The van der Waals surface area contributed by atoms with Gasteiger partial charge in [0.15, 0.2) is 91.8 Å². The average molecular weight is 2120 g/mol. The largest absolute Gasteiger partial charge is 0.743 e. The van der Waals surface area contributed by atoms with E-state index in [1.165, 1.54) is 19.1 Å². The van der Waals surface area contributed by atoms with Crippen molar-refractivity contribution < 1.29 is 180 Å². The Morgan fingerprint density at radius 1 is 0.326 bits per heavy atom. The Morgan fingerprint density at radius 3 is 0.752 bits per heavy atom. The molecule has 0 amide bonds. The van der Waals surface area contributed by atoms with Crippen LogP contribution in [0.2, 0.25) is 0 Å². The summed E-state index contributed by atoms with van der Waals surface area (Å²) in [6.45, 7) is 7.19. The van der Waals surface area contributed by atoms with Gasteiger partial charge in [-0.2, -0.15) is 70.2 Å². The van der Waals surface area contributed by atoms with Gasteiger partial charge in [-0.15, -0.1) is 0 Å². The highest BCUT2D eigenvalue weighted by molar-refractivity contribution is 7.97. The molecule has 0 aromatic heterocycles. The van der Waals surface area contributed by atoms with E-state index in [1.54, 1.807) is 120 Å². The molecule has 0 saturated carbocycles. The summed E-state index contributed by atoms with van der Waals surface area (Å²) in [6.07, 6.45) is -4.13. The second-order valence-corrected chi connectivity index (χ2v) is 43.5. The molecular formula is C95H96F16O24S6. The summed E-state index contributed by atoms with van der Waals surface area (Å²) < 4.78 is 382. The molecule has 0 radical (unpaired) electrons. The zero-order valence-corrected chi connectivity index (χ0v) is 82.0. The molecule has 46 heteroatoms. The molecular weight excluding hydrogens is 2020 g/mol. The number of hydrogen-bond acceptors (Lipinski definition) is 24. The lowest BCUT2D eigenvalue weighted by Crippen LogP contribution is -2.61. The van der Waals surface area contributed by atoms with Gasteiger partial charge >= 0.3 is 63.3 Å². The molecule has 24 nitrogen and oxygen atoms in total. The fourth-order valence-corrected chi connectivity index (χ4v) is 22.3. The van der Waals surface area contributed by atoms with Crippen LogP contribution in [0.25, 0.3) is 0 Å². The predicted molar refractivity (Wildman–Crippen MR) is 476 cm³/mol. The molecule has 0 spiro atoms. The minimum Gasteiger partial charge on any atom is -0.743 e. The molecule has 9 aromatic carbocycles. The molecule has 0 N–H and O–H groups in total. The molecule has 3 saturated heterocycles. The van der Waals surface area contributed by atoms with Crippen LogP contribution >= 0.6 is 0 Å². The molecule has 0 bridgehead atoms. The third-order valence-electron chi connectivity index (χ3n) is 22.3. The van der Waals surface area contributed by atoms with Crippen molar-refractivity contribution in [2.24, 2.45) is 0 Å². The van der Waals surface area contributed by atoms with Gasteiger partial charge in [-0.25, -0.2) is 39.6 Å². The molecule has 3 aliphatic rings. The summed E-state index contributed by atoms with van der Waals surface area (Å²) >= 11 is 0. The number of rotatable bonds is 30. The maximum atomic E-state index is 14.1. The van der Waals surface area contributed by atoms with Gasteiger partial charge in [0.05, 0.1) is 45.9 Å². The molecule has 3 fully saturated rings. The Hall–Kier alpha value is -9.31. The number of alkyl halides is 16. The molecule has 0 aliphatic carbocycles. The van der Waals surface area contributed by atoms with Crippen LogP contribution in [0, 0.1) is 41.5 Å². The van der Waals surface area contributed by atoms with E-state index < -0.39 is 208 Å². The molecule has 6 atom stereocenters. The van der Waals surface area contributed by atoms with Gasteiger partial charge in [-0.3, -0.25) is 0 Å². The molecule has 12 rings (SSSR count). The zero-order valence-electron chi connectivity index (χ0n) is 77.1. The van der Waals surface area contributed by atoms with Gasteiger partial charge in [0.1, 0.15) is 81.8 Å². The number of benzene rings is 9. The van der Waals surface area contributed by atoms with Crippen LogP contribution < -0.4 is 14.2 Å².